The van der Waals surface area contributed by atoms with E-state index in [1.165, 1.54) is 43.0 Å². The standard InChI is InChI=1S/C14H19NO5S/c1-5-15(14(2,3)13(17)18)12(16)10-6-8-11(9-7-10)21(4,19)20/h6-9H,5H2,1-4H3,(H,17,18). The van der Waals surface area contributed by atoms with Gasteiger partial charge in [-0.15, -0.1) is 0 Å². The number of hydrogen-bond acceptors (Lipinski definition) is 4. The molecule has 0 radical (unpaired) electrons. The monoisotopic (exact) mass is 313 g/mol. The summed E-state index contributed by atoms with van der Waals surface area (Å²) in [6.45, 7) is 4.81. The van der Waals surface area contributed by atoms with Crippen molar-refractivity contribution in [3.63, 3.8) is 0 Å². The topological polar surface area (TPSA) is 91.8 Å². The minimum Gasteiger partial charge on any atom is -0.480 e. The first-order valence-corrected chi connectivity index (χ1v) is 8.26. The van der Waals surface area contributed by atoms with Gasteiger partial charge in [-0.2, -0.15) is 0 Å². The van der Waals surface area contributed by atoms with Crippen LogP contribution >= 0.6 is 0 Å². The maximum Gasteiger partial charge on any atom is 0.329 e. The van der Waals surface area contributed by atoms with E-state index < -0.39 is 27.3 Å². The zero-order valence-corrected chi connectivity index (χ0v) is 13.3. The number of aliphatic carboxylic acids is 1. The fourth-order valence-electron chi connectivity index (χ4n) is 1.91. The Morgan fingerprint density at radius 2 is 1.67 bits per heavy atom. The summed E-state index contributed by atoms with van der Waals surface area (Å²) >= 11 is 0. The lowest BCUT2D eigenvalue weighted by molar-refractivity contribution is -0.147. The number of likely N-dealkylation sites (N-methyl/N-ethyl adjacent to an activating group) is 1. The Labute approximate surface area is 124 Å². The molecule has 0 saturated heterocycles. The Morgan fingerprint density at radius 1 is 1.19 bits per heavy atom. The van der Waals surface area contributed by atoms with Crippen LogP contribution in [0.1, 0.15) is 31.1 Å². The molecule has 0 bridgehead atoms. The average molecular weight is 313 g/mol. The SMILES string of the molecule is CCN(C(=O)c1ccc(S(C)(=O)=O)cc1)C(C)(C)C(=O)O. The molecule has 0 heterocycles. The molecular weight excluding hydrogens is 294 g/mol. The summed E-state index contributed by atoms with van der Waals surface area (Å²) in [6, 6.07) is 5.45. The van der Waals surface area contributed by atoms with Gasteiger partial charge in [0.15, 0.2) is 9.84 Å². The first kappa shape index (κ1) is 17.2. The van der Waals surface area contributed by atoms with Gasteiger partial charge in [0.25, 0.3) is 5.91 Å². The second-order valence-corrected chi connectivity index (χ2v) is 7.23. The number of nitrogens with zero attached hydrogens (tertiary/aromatic N) is 1. The maximum absolute atomic E-state index is 12.4. The van der Waals surface area contributed by atoms with Crippen LogP contribution in [-0.4, -0.2) is 48.6 Å². The van der Waals surface area contributed by atoms with E-state index in [4.69, 9.17) is 0 Å². The normalized spacial score (nSPS) is 12.0. The zero-order valence-electron chi connectivity index (χ0n) is 12.5. The number of carbonyl (C=O) groups excluding carboxylic acids is 1. The number of amides is 1. The first-order valence-electron chi connectivity index (χ1n) is 6.37. The van der Waals surface area contributed by atoms with Crippen molar-refractivity contribution in [2.75, 3.05) is 12.8 Å². The van der Waals surface area contributed by atoms with Crippen molar-refractivity contribution < 1.29 is 23.1 Å². The largest absolute Gasteiger partial charge is 0.480 e. The van der Waals surface area contributed by atoms with Crippen LogP contribution in [0.15, 0.2) is 29.2 Å². The summed E-state index contributed by atoms with van der Waals surface area (Å²) in [5, 5.41) is 9.22. The van der Waals surface area contributed by atoms with E-state index in [9.17, 15) is 23.1 Å². The van der Waals surface area contributed by atoms with E-state index in [0.29, 0.717) is 0 Å². The molecule has 21 heavy (non-hydrogen) atoms. The third-order valence-corrected chi connectivity index (χ3v) is 4.42. The minimum absolute atomic E-state index is 0.111. The summed E-state index contributed by atoms with van der Waals surface area (Å²) in [4.78, 5) is 25.0. The average Bonchev–Trinajstić information content (AvgIpc) is 2.38. The van der Waals surface area contributed by atoms with Crippen LogP contribution in [-0.2, 0) is 14.6 Å². The molecule has 7 heteroatoms. The maximum atomic E-state index is 12.4. The highest BCUT2D eigenvalue weighted by Crippen LogP contribution is 2.19. The Kier molecular flexibility index (Phi) is 4.78. The van der Waals surface area contributed by atoms with Gasteiger partial charge < -0.3 is 10.0 Å². The van der Waals surface area contributed by atoms with E-state index in [-0.39, 0.29) is 17.0 Å². The van der Waals surface area contributed by atoms with Crippen molar-refractivity contribution >= 4 is 21.7 Å². The summed E-state index contributed by atoms with van der Waals surface area (Å²) in [7, 11) is -3.33. The summed E-state index contributed by atoms with van der Waals surface area (Å²) in [6.07, 6.45) is 1.08. The molecule has 1 aromatic carbocycles. The van der Waals surface area contributed by atoms with Gasteiger partial charge in [-0.05, 0) is 45.0 Å². The second-order valence-electron chi connectivity index (χ2n) is 5.21. The van der Waals surface area contributed by atoms with Crippen LogP contribution in [0.25, 0.3) is 0 Å². The zero-order chi connectivity index (χ0) is 16.4. The highest BCUT2D eigenvalue weighted by Gasteiger charge is 2.37. The number of rotatable bonds is 5. The van der Waals surface area contributed by atoms with Gasteiger partial charge in [-0.1, -0.05) is 0 Å². The van der Waals surface area contributed by atoms with E-state index in [2.05, 4.69) is 0 Å². The van der Waals surface area contributed by atoms with Gasteiger partial charge in [0.1, 0.15) is 5.54 Å². The molecule has 0 aliphatic rings. The van der Waals surface area contributed by atoms with Crippen LogP contribution in [0.5, 0.6) is 0 Å². The number of carboxylic acid groups (broad SMARTS) is 1. The Hall–Kier alpha value is -1.89. The lowest BCUT2D eigenvalue weighted by Crippen LogP contribution is -2.52. The molecule has 0 spiro atoms. The van der Waals surface area contributed by atoms with Crippen molar-refractivity contribution in [2.45, 2.75) is 31.2 Å². The van der Waals surface area contributed by atoms with Crippen LogP contribution in [0.4, 0.5) is 0 Å². The summed E-state index contributed by atoms with van der Waals surface area (Å²) in [5.41, 5.74) is -1.10. The fourth-order valence-corrected chi connectivity index (χ4v) is 2.54. The Morgan fingerprint density at radius 3 is 2.00 bits per heavy atom. The van der Waals surface area contributed by atoms with Crippen molar-refractivity contribution in [3.05, 3.63) is 29.8 Å². The van der Waals surface area contributed by atoms with Crippen LogP contribution in [0.3, 0.4) is 0 Å². The minimum atomic E-state index is -3.33. The highest BCUT2D eigenvalue weighted by molar-refractivity contribution is 7.90. The lowest BCUT2D eigenvalue weighted by Gasteiger charge is -2.34. The molecule has 0 aromatic heterocycles. The van der Waals surface area contributed by atoms with E-state index in [0.717, 1.165) is 6.26 Å². The highest BCUT2D eigenvalue weighted by atomic mass is 32.2. The molecule has 1 rings (SSSR count). The quantitative estimate of drug-likeness (QED) is 0.887. The molecule has 0 saturated carbocycles. The molecule has 0 aliphatic heterocycles. The molecule has 0 atom stereocenters. The summed E-state index contributed by atoms with van der Waals surface area (Å²) < 4.78 is 22.8. The van der Waals surface area contributed by atoms with Crippen molar-refractivity contribution in [1.82, 2.24) is 4.90 Å². The molecule has 1 aromatic rings. The van der Waals surface area contributed by atoms with Crippen molar-refractivity contribution in [1.29, 1.82) is 0 Å². The predicted molar refractivity (Wildman–Crippen MR) is 78.0 cm³/mol. The molecular formula is C14H19NO5S. The van der Waals surface area contributed by atoms with Crippen molar-refractivity contribution in [2.24, 2.45) is 0 Å². The van der Waals surface area contributed by atoms with E-state index in [1.807, 2.05) is 0 Å². The third kappa shape index (κ3) is 3.60. The third-order valence-electron chi connectivity index (χ3n) is 3.29. The van der Waals surface area contributed by atoms with Gasteiger partial charge in [0.05, 0.1) is 4.90 Å². The molecule has 0 unspecified atom stereocenters. The second kappa shape index (κ2) is 5.85. The van der Waals surface area contributed by atoms with Gasteiger partial charge >= 0.3 is 5.97 Å². The Balaban J connectivity index is 3.15. The van der Waals surface area contributed by atoms with E-state index in [1.54, 1.807) is 6.92 Å². The molecule has 116 valence electrons. The van der Waals surface area contributed by atoms with Gasteiger partial charge in [0.2, 0.25) is 0 Å². The molecule has 6 nitrogen and oxygen atoms in total. The smallest absolute Gasteiger partial charge is 0.329 e. The number of carbonyl (C=O) groups is 2. The van der Waals surface area contributed by atoms with Crippen LogP contribution in [0.2, 0.25) is 0 Å². The summed E-state index contributed by atoms with van der Waals surface area (Å²) in [5.74, 6) is -1.56. The van der Waals surface area contributed by atoms with E-state index >= 15 is 0 Å². The fraction of sp³-hybridized carbons (Fsp3) is 0.429. The van der Waals surface area contributed by atoms with Crippen LogP contribution in [0, 0.1) is 0 Å². The van der Waals surface area contributed by atoms with Gasteiger partial charge in [-0.25, -0.2) is 13.2 Å². The molecule has 1 N–H and O–H groups in total. The Bertz CT molecular complexity index is 646. The van der Waals surface area contributed by atoms with Crippen molar-refractivity contribution in [3.8, 4) is 0 Å². The number of carboxylic acids is 1. The van der Waals surface area contributed by atoms with Crippen LogP contribution < -0.4 is 0 Å². The predicted octanol–water partition coefficient (Wildman–Crippen LogP) is 1.42. The lowest BCUT2D eigenvalue weighted by atomic mass is 10.0. The first-order chi connectivity index (χ1) is 9.51. The van der Waals surface area contributed by atoms with Gasteiger partial charge in [0, 0.05) is 18.4 Å². The molecule has 0 fully saturated rings. The number of hydrogen-bond donors (Lipinski definition) is 1. The number of sulfone groups is 1. The van der Waals surface area contributed by atoms with Gasteiger partial charge in [-0.3, -0.25) is 4.79 Å². The molecule has 1 amide bonds. The number of benzene rings is 1. The molecule has 0 aliphatic carbocycles.